The van der Waals surface area contributed by atoms with Crippen LogP contribution in [0.15, 0.2) is 36.5 Å². The Morgan fingerprint density at radius 1 is 1.52 bits per heavy atom. The standard InChI is InChI=1S/C15H14N2O4/c18-13-12-11(14(19)20)10-4-5-15(12,21-10)8-17(13)7-9-3-1-2-6-16-9/h1-6,10-12H,7-8H2,(H,19,20)/p-1/t10-,11-,12-,15+/m0/s1. The molecule has 21 heavy (non-hydrogen) atoms. The van der Waals surface area contributed by atoms with Crippen LogP contribution >= 0.6 is 0 Å². The first-order valence-electron chi connectivity index (χ1n) is 6.87. The third-order valence-corrected chi connectivity index (χ3v) is 4.53. The number of fused-ring (bicyclic) bond motifs is 1. The second kappa shape index (κ2) is 4.14. The van der Waals surface area contributed by atoms with Gasteiger partial charge in [0, 0.05) is 18.1 Å². The quantitative estimate of drug-likeness (QED) is 0.673. The van der Waals surface area contributed by atoms with Gasteiger partial charge >= 0.3 is 0 Å². The molecule has 4 atom stereocenters. The fourth-order valence-electron chi connectivity index (χ4n) is 3.67. The number of carbonyl (C=O) groups excluding carboxylic acids is 2. The predicted octanol–water partition coefficient (Wildman–Crippen LogP) is -0.887. The number of rotatable bonds is 3. The summed E-state index contributed by atoms with van der Waals surface area (Å²) in [5.74, 6) is -2.98. The van der Waals surface area contributed by atoms with Crippen LogP contribution in [0.1, 0.15) is 5.69 Å². The average Bonchev–Trinajstić information content (AvgIpc) is 3.09. The number of amides is 1. The monoisotopic (exact) mass is 285 g/mol. The van der Waals surface area contributed by atoms with E-state index in [2.05, 4.69) is 4.98 Å². The SMILES string of the molecule is O=C([O-])[C@H]1[C@@H]2C=C[C@]3(CN(Cc4ccccn4)C(=O)[C@H]13)O2. The summed E-state index contributed by atoms with van der Waals surface area (Å²) >= 11 is 0. The predicted molar refractivity (Wildman–Crippen MR) is 68.4 cm³/mol. The number of likely N-dealkylation sites (tertiary alicyclic amines) is 1. The van der Waals surface area contributed by atoms with Crippen molar-refractivity contribution in [2.75, 3.05) is 6.54 Å². The minimum Gasteiger partial charge on any atom is -0.550 e. The molecule has 1 aromatic heterocycles. The Morgan fingerprint density at radius 3 is 3.10 bits per heavy atom. The minimum absolute atomic E-state index is 0.193. The summed E-state index contributed by atoms with van der Waals surface area (Å²) in [4.78, 5) is 29.7. The number of carboxylic acids is 1. The Hall–Kier alpha value is -2.21. The van der Waals surface area contributed by atoms with Gasteiger partial charge in [0.25, 0.3) is 0 Å². The number of carboxylic acid groups (broad SMARTS) is 1. The Bertz CT molecular complexity index is 644. The van der Waals surface area contributed by atoms with Gasteiger partial charge in [-0.15, -0.1) is 0 Å². The van der Waals surface area contributed by atoms with E-state index in [-0.39, 0.29) is 5.91 Å². The Labute approximate surface area is 121 Å². The maximum absolute atomic E-state index is 12.6. The molecule has 1 aromatic rings. The fraction of sp³-hybridized carbons (Fsp3) is 0.400. The largest absolute Gasteiger partial charge is 0.550 e. The van der Waals surface area contributed by atoms with Gasteiger partial charge in [-0.1, -0.05) is 18.2 Å². The van der Waals surface area contributed by atoms with Crippen molar-refractivity contribution in [3.63, 3.8) is 0 Å². The summed E-state index contributed by atoms with van der Waals surface area (Å²) in [6, 6.07) is 5.50. The van der Waals surface area contributed by atoms with Crippen molar-refractivity contribution in [1.82, 2.24) is 9.88 Å². The summed E-state index contributed by atoms with van der Waals surface area (Å²) in [6.45, 7) is 0.726. The first-order chi connectivity index (χ1) is 10.1. The number of ether oxygens (including phenoxy) is 1. The molecule has 0 aromatic carbocycles. The van der Waals surface area contributed by atoms with Crippen molar-refractivity contribution in [2.24, 2.45) is 11.8 Å². The van der Waals surface area contributed by atoms with E-state index in [0.717, 1.165) is 5.69 Å². The first kappa shape index (κ1) is 12.5. The lowest BCUT2D eigenvalue weighted by Crippen LogP contribution is -2.45. The van der Waals surface area contributed by atoms with Gasteiger partial charge in [0.1, 0.15) is 5.60 Å². The van der Waals surface area contributed by atoms with Gasteiger partial charge in [-0.05, 0) is 12.1 Å². The van der Waals surface area contributed by atoms with E-state index in [1.165, 1.54) is 0 Å². The third kappa shape index (κ3) is 1.65. The highest BCUT2D eigenvalue weighted by molar-refractivity contribution is 5.90. The molecule has 2 fully saturated rings. The highest BCUT2D eigenvalue weighted by Gasteiger charge is 2.65. The summed E-state index contributed by atoms with van der Waals surface area (Å²) < 4.78 is 5.78. The highest BCUT2D eigenvalue weighted by Crippen LogP contribution is 2.51. The number of hydrogen-bond donors (Lipinski definition) is 0. The molecule has 3 aliphatic heterocycles. The Kier molecular flexibility index (Phi) is 2.47. The van der Waals surface area contributed by atoms with E-state index < -0.39 is 29.5 Å². The summed E-state index contributed by atoms with van der Waals surface area (Å²) in [7, 11) is 0. The van der Waals surface area contributed by atoms with Gasteiger partial charge in [0.05, 0.1) is 30.8 Å². The van der Waals surface area contributed by atoms with Crippen LogP contribution in [0.3, 0.4) is 0 Å². The lowest BCUT2D eigenvalue weighted by molar-refractivity contribution is -0.313. The van der Waals surface area contributed by atoms with E-state index in [4.69, 9.17) is 4.74 Å². The topological polar surface area (TPSA) is 82.6 Å². The van der Waals surface area contributed by atoms with Gasteiger partial charge < -0.3 is 19.5 Å². The van der Waals surface area contributed by atoms with Crippen LogP contribution in [-0.4, -0.2) is 40.0 Å². The highest BCUT2D eigenvalue weighted by atomic mass is 16.5. The Morgan fingerprint density at radius 2 is 2.38 bits per heavy atom. The van der Waals surface area contributed by atoms with Crippen LogP contribution in [0.5, 0.6) is 0 Å². The van der Waals surface area contributed by atoms with Gasteiger partial charge in [-0.25, -0.2) is 0 Å². The lowest BCUT2D eigenvalue weighted by Gasteiger charge is -2.24. The second-order valence-electron chi connectivity index (χ2n) is 5.73. The fourth-order valence-corrected chi connectivity index (χ4v) is 3.67. The van der Waals surface area contributed by atoms with Crippen LogP contribution in [0.25, 0.3) is 0 Å². The molecule has 1 spiro atoms. The first-order valence-corrected chi connectivity index (χ1v) is 6.87. The molecule has 0 radical (unpaired) electrons. The third-order valence-electron chi connectivity index (χ3n) is 4.53. The molecule has 2 bridgehead atoms. The average molecular weight is 285 g/mol. The minimum atomic E-state index is -1.22. The Balaban J connectivity index is 1.63. The molecule has 0 saturated carbocycles. The van der Waals surface area contributed by atoms with Crippen molar-refractivity contribution >= 4 is 11.9 Å². The van der Waals surface area contributed by atoms with Gasteiger partial charge in [-0.3, -0.25) is 9.78 Å². The van der Waals surface area contributed by atoms with E-state index in [1.54, 1.807) is 17.2 Å². The maximum atomic E-state index is 12.6. The van der Waals surface area contributed by atoms with Crippen molar-refractivity contribution in [2.45, 2.75) is 18.2 Å². The van der Waals surface area contributed by atoms with E-state index >= 15 is 0 Å². The number of hydrogen-bond acceptors (Lipinski definition) is 5. The molecule has 2 saturated heterocycles. The molecule has 0 aliphatic carbocycles. The van der Waals surface area contributed by atoms with Gasteiger partial charge in [0.2, 0.25) is 5.91 Å². The zero-order valence-corrected chi connectivity index (χ0v) is 11.1. The molecule has 0 N–H and O–H groups in total. The second-order valence-corrected chi connectivity index (χ2v) is 5.73. The lowest BCUT2D eigenvalue weighted by atomic mass is 9.77. The van der Waals surface area contributed by atoms with Crippen molar-refractivity contribution in [1.29, 1.82) is 0 Å². The molecule has 108 valence electrons. The van der Waals surface area contributed by atoms with E-state index in [0.29, 0.717) is 13.1 Å². The van der Waals surface area contributed by atoms with Gasteiger partial charge in [-0.2, -0.15) is 0 Å². The zero-order chi connectivity index (χ0) is 14.6. The summed E-state index contributed by atoms with van der Waals surface area (Å²) in [5, 5.41) is 11.3. The molecule has 3 aliphatic rings. The van der Waals surface area contributed by atoms with E-state index in [9.17, 15) is 14.7 Å². The molecule has 4 rings (SSSR count). The normalized spacial score (nSPS) is 36.3. The van der Waals surface area contributed by atoms with Crippen LogP contribution in [0.4, 0.5) is 0 Å². The number of aromatic nitrogens is 1. The van der Waals surface area contributed by atoms with Crippen molar-refractivity contribution in [3.05, 3.63) is 42.2 Å². The summed E-state index contributed by atoms with van der Waals surface area (Å²) in [6.07, 6.45) is 4.69. The molecule has 4 heterocycles. The molecule has 6 heteroatoms. The number of nitrogens with zero attached hydrogens (tertiary/aromatic N) is 2. The number of aliphatic carboxylic acids is 1. The molecule has 0 unspecified atom stereocenters. The van der Waals surface area contributed by atoms with Crippen LogP contribution in [0.2, 0.25) is 0 Å². The molecule has 6 nitrogen and oxygen atoms in total. The maximum Gasteiger partial charge on any atom is 0.230 e. The molecular weight excluding hydrogens is 272 g/mol. The number of carbonyl (C=O) groups is 2. The summed E-state index contributed by atoms with van der Waals surface area (Å²) in [5.41, 5.74) is -0.0351. The van der Waals surface area contributed by atoms with Crippen molar-refractivity contribution < 1.29 is 19.4 Å². The van der Waals surface area contributed by atoms with E-state index in [1.807, 2.05) is 24.3 Å². The van der Waals surface area contributed by atoms with Crippen LogP contribution < -0.4 is 5.11 Å². The smallest absolute Gasteiger partial charge is 0.230 e. The zero-order valence-electron chi connectivity index (χ0n) is 11.1. The van der Waals surface area contributed by atoms with Crippen molar-refractivity contribution in [3.8, 4) is 0 Å². The van der Waals surface area contributed by atoms with Gasteiger partial charge in [0.15, 0.2) is 0 Å². The van der Waals surface area contributed by atoms with Crippen LogP contribution in [0, 0.1) is 11.8 Å². The van der Waals surface area contributed by atoms with Crippen LogP contribution in [-0.2, 0) is 20.9 Å². The number of pyridine rings is 1. The molecular formula is C15H13N2O4-. The molecule has 1 amide bonds.